The summed E-state index contributed by atoms with van der Waals surface area (Å²) in [5.41, 5.74) is 2.76. The molecule has 0 atom stereocenters. The zero-order valence-corrected chi connectivity index (χ0v) is 12.5. The predicted molar refractivity (Wildman–Crippen MR) is 87.5 cm³/mol. The number of benzene rings is 2. The van der Waals surface area contributed by atoms with Crippen LogP contribution in [0.3, 0.4) is 0 Å². The Morgan fingerprint density at radius 2 is 1.53 bits per heavy atom. The van der Waals surface area contributed by atoms with Crippen molar-refractivity contribution in [2.24, 2.45) is 0 Å². The predicted octanol–water partition coefficient (Wildman–Crippen LogP) is 5.11. The van der Waals surface area contributed by atoms with E-state index < -0.39 is 0 Å². The first-order chi connectivity index (χ1) is 9.04. The number of thiocarbonyl (C=S) groups is 1. The maximum Gasteiger partial charge on any atom is 0.175 e. The molecule has 98 valence electrons. The summed E-state index contributed by atoms with van der Waals surface area (Å²) in [6, 6.07) is 13.0. The first-order valence-electron chi connectivity index (χ1n) is 5.64. The van der Waals surface area contributed by atoms with E-state index in [9.17, 15) is 0 Å². The topological polar surface area (TPSA) is 24.1 Å². The van der Waals surface area contributed by atoms with Gasteiger partial charge in [-0.1, -0.05) is 29.3 Å². The van der Waals surface area contributed by atoms with Crippen LogP contribution in [0, 0.1) is 6.92 Å². The van der Waals surface area contributed by atoms with Crippen LogP contribution in [0.15, 0.2) is 42.5 Å². The van der Waals surface area contributed by atoms with Crippen molar-refractivity contribution >= 4 is 51.9 Å². The zero-order valence-electron chi connectivity index (χ0n) is 10.2. The Morgan fingerprint density at radius 1 is 0.947 bits per heavy atom. The minimum Gasteiger partial charge on any atom is -0.332 e. The molecule has 0 aliphatic carbocycles. The summed E-state index contributed by atoms with van der Waals surface area (Å²) in [4.78, 5) is 0. The van der Waals surface area contributed by atoms with Gasteiger partial charge in [0.25, 0.3) is 0 Å². The molecule has 2 nitrogen and oxygen atoms in total. The molecule has 2 aromatic carbocycles. The average molecular weight is 311 g/mol. The van der Waals surface area contributed by atoms with Crippen LogP contribution in [0.5, 0.6) is 0 Å². The molecule has 19 heavy (non-hydrogen) atoms. The highest BCUT2D eigenvalue weighted by molar-refractivity contribution is 7.80. The number of hydrogen-bond donors (Lipinski definition) is 2. The van der Waals surface area contributed by atoms with E-state index in [0.29, 0.717) is 15.2 Å². The first-order valence-corrected chi connectivity index (χ1v) is 6.81. The molecule has 0 fully saturated rings. The zero-order chi connectivity index (χ0) is 13.8. The first kappa shape index (κ1) is 14.1. The molecule has 5 heteroatoms. The van der Waals surface area contributed by atoms with Gasteiger partial charge >= 0.3 is 0 Å². The summed E-state index contributed by atoms with van der Waals surface area (Å²) < 4.78 is 0. The smallest absolute Gasteiger partial charge is 0.175 e. The molecule has 0 spiro atoms. The molecule has 0 aromatic heterocycles. The standard InChI is InChI=1S/C14H12Cl2N2S/c1-9-2-5-12(8-13(9)16)18-14(19)17-11-6-3-10(15)4-7-11/h2-8H,1H3,(H2,17,18,19). The highest BCUT2D eigenvalue weighted by atomic mass is 35.5. The van der Waals surface area contributed by atoms with Gasteiger partial charge in [-0.25, -0.2) is 0 Å². The van der Waals surface area contributed by atoms with Gasteiger partial charge in [0.15, 0.2) is 5.11 Å². The maximum absolute atomic E-state index is 6.06. The van der Waals surface area contributed by atoms with Crippen molar-refractivity contribution in [3.8, 4) is 0 Å². The lowest BCUT2D eigenvalue weighted by Crippen LogP contribution is -2.18. The van der Waals surface area contributed by atoms with Crippen LogP contribution in [-0.2, 0) is 0 Å². The van der Waals surface area contributed by atoms with E-state index in [1.54, 1.807) is 12.1 Å². The second-order valence-electron chi connectivity index (χ2n) is 4.05. The number of rotatable bonds is 2. The van der Waals surface area contributed by atoms with Crippen molar-refractivity contribution in [3.63, 3.8) is 0 Å². The van der Waals surface area contributed by atoms with Crippen LogP contribution in [0.2, 0.25) is 10.0 Å². The molecule has 0 amide bonds. The van der Waals surface area contributed by atoms with Gasteiger partial charge in [0, 0.05) is 21.4 Å². The van der Waals surface area contributed by atoms with E-state index in [1.165, 1.54) is 0 Å². The van der Waals surface area contributed by atoms with E-state index in [0.717, 1.165) is 16.9 Å². The lowest BCUT2D eigenvalue weighted by atomic mass is 10.2. The Morgan fingerprint density at radius 3 is 2.16 bits per heavy atom. The van der Waals surface area contributed by atoms with Gasteiger partial charge in [0.05, 0.1) is 0 Å². The Kier molecular flexibility index (Phi) is 4.64. The Bertz CT molecular complexity index is 597. The molecule has 2 aromatic rings. The van der Waals surface area contributed by atoms with Crippen LogP contribution in [-0.4, -0.2) is 5.11 Å². The molecule has 0 aliphatic rings. The lowest BCUT2D eigenvalue weighted by molar-refractivity contribution is 1.46. The van der Waals surface area contributed by atoms with Gasteiger partial charge in [0.1, 0.15) is 0 Å². The normalized spacial score (nSPS) is 10.1. The van der Waals surface area contributed by atoms with Crippen LogP contribution < -0.4 is 10.6 Å². The molecule has 0 bridgehead atoms. The Labute approximate surface area is 127 Å². The fraction of sp³-hybridized carbons (Fsp3) is 0.0714. The molecular formula is C14H12Cl2N2S. The highest BCUT2D eigenvalue weighted by Crippen LogP contribution is 2.20. The van der Waals surface area contributed by atoms with Crippen LogP contribution in [0.25, 0.3) is 0 Å². The number of anilines is 2. The minimum absolute atomic E-state index is 0.502. The summed E-state index contributed by atoms with van der Waals surface area (Å²) in [7, 11) is 0. The van der Waals surface area contributed by atoms with Crippen LogP contribution in [0.4, 0.5) is 11.4 Å². The number of hydrogen-bond acceptors (Lipinski definition) is 1. The minimum atomic E-state index is 0.502. The van der Waals surface area contributed by atoms with Gasteiger partial charge in [0.2, 0.25) is 0 Å². The van der Waals surface area contributed by atoms with E-state index >= 15 is 0 Å². The van der Waals surface area contributed by atoms with Crippen molar-refractivity contribution < 1.29 is 0 Å². The molecule has 0 saturated heterocycles. The number of halogens is 2. The molecule has 2 rings (SSSR count). The van der Waals surface area contributed by atoms with Crippen molar-refractivity contribution in [2.45, 2.75) is 6.92 Å². The van der Waals surface area contributed by atoms with E-state index in [1.807, 2.05) is 37.3 Å². The van der Waals surface area contributed by atoms with Crippen molar-refractivity contribution in [1.29, 1.82) is 0 Å². The Balaban J connectivity index is 2.01. The van der Waals surface area contributed by atoms with Gasteiger partial charge < -0.3 is 10.6 Å². The molecule has 0 unspecified atom stereocenters. The molecule has 0 saturated carbocycles. The third-order valence-corrected chi connectivity index (χ3v) is 3.40. The van der Waals surface area contributed by atoms with Crippen LogP contribution >= 0.6 is 35.4 Å². The highest BCUT2D eigenvalue weighted by Gasteiger charge is 2.01. The molecule has 2 N–H and O–H groups in total. The fourth-order valence-electron chi connectivity index (χ4n) is 1.50. The summed E-state index contributed by atoms with van der Waals surface area (Å²) in [6.45, 7) is 1.95. The summed E-state index contributed by atoms with van der Waals surface area (Å²) in [5.74, 6) is 0. The second-order valence-corrected chi connectivity index (χ2v) is 5.30. The van der Waals surface area contributed by atoms with Crippen molar-refractivity contribution in [3.05, 3.63) is 58.1 Å². The number of nitrogens with one attached hydrogen (secondary N) is 2. The second kappa shape index (κ2) is 6.24. The summed E-state index contributed by atoms with van der Waals surface area (Å²) >= 11 is 17.1. The maximum atomic E-state index is 6.06. The van der Waals surface area contributed by atoms with E-state index in [2.05, 4.69) is 10.6 Å². The summed E-state index contributed by atoms with van der Waals surface area (Å²) in [6.07, 6.45) is 0. The molecule has 0 heterocycles. The molecule has 0 aliphatic heterocycles. The Hall–Kier alpha value is -1.29. The van der Waals surface area contributed by atoms with E-state index in [-0.39, 0.29) is 0 Å². The van der Waals surface area contributed by atoms with Crippen molar-refractivity contribution in [2.75, 3.05) is 10.6 Å². The van der Waals surface area contributed by atoms with Crippen LogP contribution in [0.1, 0.15) is 5.56 Å². The fourth-order valence-corrected chi connectivity index (χ4v) is 2.04. The third-order valence-electron chi connectivity index (χ3n) is 2.53. The summed E-state index contributed by atoms with van der Waals surface area (Å²) in [5, 5.41) is 8.05. The number of aryl methyl sites for hydroxylation is 1. The third kappa shape index (κ3) is 4.10. The lowest BCUT2D eigenvalue weighted by Gasteiger charge is -2.11. The largest absolute Gasteiger partial charge is 0.332 e. The van der Waals surface area contributed by atoms with Gasteiger partial charge in [-0.3, -0.25) is 0 Å². The van der Waals surface area contributed by atoms with E-state index in [4.69, 9.17) is 35.4 Å². The average Bonchev–Trinajstić information content (AvgIpc) is 2.37. The van der Waals surface area contributed by atoms with Gasteiger partial charge in [-0.15, -0.1) is 0 Å². The van der Waals surface area contributed by atoms with Crippen molar-refractivity contribution in [1.82, 2.24) is 0 Å². The monoisotopic (exact) mass is 310 g/mol. The SMILES string of the molecule is Cc1ccc(NC(=S)Nc2ccc(Cl)cc2)cc1Cl. The molecular weight excluding hydrogens is 299 g/mol. The van der Waals surface area contributed by atoms with Gasteiger partial charge in [-0.2, -0.15) is 0 Å². The quantitative estimate of drug-likeness (QED) is 0.754. The van der Waals surface area contributed by atoms with Gasteiger partial charge in [-0.05, 0) is 61.1 Å². The molecule has 0 radical (unpaired) electrons.